The molecule has 102 valence electrons. The second-order valence-corrected chi connectivity index (χ2v) is 4.01. The summed E-state index contributed by atoms with van der Waals surface area (Å²) in [5.74, 6) is -2.56. The van der Waals surface area contributed by atoms with Gasteiger partial charge in [-0.05, 0) is 18.2 Å². The van der Waals surface area contributed by atoms with Gasteiger partial charge in [0.25, 0.3) is 0 Å². The molecule has 0 aliphatic carbocycles. The van der Waals surface area contributed by atoms with Gasteiger partial charge in [-0.25, -0.2) is 13.2 Å². The molecule has 2 N–H and O–H groups in total. The number of nitrogen functional groups attached to an aromatic ring is 1. The first kappa shape index (κ1) is 13.7. The molecule has 0 fully saturated rings. The van der Waals surface area contributed by atoms with Crippen LogP contribution in [-0.2, 0) is 6.61 Å². The summed E-state index contributed by atoms with van der Waals surface area (Å²) < 4.78 is 44.9. The van der Waals surface area contributed by atoms with E-state index in [1.807, 2.05) is 6.07 Å². The van der Waals surface area contributed by atoms with E-state index in [4.69, 9.17) is 15.7 Å². The lowest BCUT2D eigenvalue weighted by molar-refractivity contribution is 0.288. The summed E-state index contributed by atoms with van der Waals surface area (Å²) in [6.45, 7) is -0.263. The van der Waals surface area contributed by atoms with Gasteiger partial charge in [-0.1, -0.05) is 0 Å². The molecule has 6 heteroatoms. The van der Waals surface area contributed by atoms with Gasteiger partial charge in [-0.15, -0.1) is 0 Å². The monoisotopic (exact) mass is 278 g/mol. The highest BCUT2D eigenvalue weighted by atomic mass is 19.1. The molecule has 2 rings (SSSR count). The van der Waals surface area contributed by atoms with Crippen LogP contribution in [0.2, 0.25) is 0 Å². The Labute approximate surface area is 113 Å². The van der Waals surface area contributed by atoms with Crippen LogP contribution in [0.1, 0.15) is 11.1 Å². The minimum absolute atomic E-state index is 0.197. The molecule has 0 aliphatic heterocycles. The normalized spacial score (nSPS) is 10.1. The third-order valence-corrected chi connectivity index (χ3v) is 2.62. The molecular weight excluding hydrogens is 269 g/mol. The SMILES string of the molecule is N#Cc1ccc(F)cc1COc1cc(F)c(N)cc1F. The molecule has 0 spiro atoms. The highest BCUT2D eigenvalue weighted by Crippen LogP contribution is 2.24. The molecule has 20 heavy (non-hydrogen) atoms. The second-order valence-electron chi connectivity index (χ2n) is 4.01. The van der Waals surface area contributed by atoms with Crippen molar-refractivity contribution in [2.45, 2.75) is 6.61 Å². The summed E-state index contributed by atoms with van der Waals surface area (Å²) in [5, 5.41) is 8.86. The second kappa shape index (κ2) is 5.53. The molecular formula is C14H9F3N2O. The summed E-state index contributed by atoms with van der Waals surface area (Å²) >= 11 is 0. The first-order valence-electron chi connectivity index (χ1n) is 5.57. The van der Waals surface area contributed by atoms with E-state index in [-0.39, 0.29) is 29.2 Å². The Morgan fingerprint density at radius 3 is 2.55 bits per heavy atom. The molecule has 0 aliphatic rings. The van der Waals surface area contributed by atoms with Crippen LogP contribution in [0.4, 0.5) is 18.9 Å². The van der Waals surface area contributed by atoms with Gasteiger partial charge in [-0.2, -0.15) is 5.26 Å². The zero-order chi connectivity index (χ0) is 14.7. The van der Waals surface area contributed by atoms with E-state index in [2.05, 4.69) is 0 Å². The van der Waals surface area contributed by atoms with Crippen molar-refractivity contribution in [3.8, 4) is 11.8 Å². The first-order valence-corrected chi connectivity index (χ1v) is 5.57. The van der Waals surface area contributed by atoms with Gasteiger partial charge < -0.3 is 10.5 Å². The van der Waals surface area contributed by atoms with E-state index in [0.29, 0.717) is 0 Å². The van der Waals surface area contributed by atoms with Gasteiger partial charge in [-0.3, -0.25) is 0 Å². The number of nitriles is 1. The molecule has 0 saturated heterocycles. The summed E-state index contributed by atoms with van der Waals surface area (Å²) in [6, 6.07) is 6.97. The van der Waals surface area contributed by atoms with Gasteiger partial charge >= 0.3 is 0 Å². The van der Waals surface area contributed by atoms with Crippen molar-refractivity contribution < 1.29 is 17.9 Å². The van der Waals surface area contributed by atoms with Gasteiger partial charge in [0.1, 0.15) is 18.2 Å². The van der Waals surface area contributed by atoms with Crippen molar-refractivity contribution >= 4 is 5.69 Å². The molecule has 2 aromatic rings. The van der Waals surface area contributed by atoms with Crippen molar-refractivity contribution in [2.24, 2.45) is 0 Å². The molecule has 3 nitrogen and oxygen atoms in total. The fourth-order valence-electron chi connectivity index (χ4n) is 1.60. The van der Waals surface area contributed by atoms with Crippen LogP contribution in [0.25, 0.3) is 0 Å². The third-order valence-electron chi connectivity index (χ3n) is 2.62. The van der Waals surface area contributed by atoms with Crippen LogP contribution in [0, 0.1) is 28.8 Å². The van der Waals surface area contributed by atoms with E-state index in [1.54, 1.807) is 0 Å². The number of ether oxygens (including phenoxy) is 1. The fourth-order valence-corrected chi connectivity index (χ4v) is 1.60. The van der Waals surface area contributed by atoms with E-state index >= 15 is 0 Å². The molecule has 2 aromatic carbocycles. The molecule has 0 bridgehead atoms. The van der Waals surface area contributed by atoms with Crippen molar-refractivity contribution in [3.05, 3.63) is 58.9 Å². The predicted molar refractivity (Wildman–Crippen MR) is 66.2 cm³/mol. The Balaban J connectivity index is 2.23. The van der Waals surface area contributed by atoms with E-state index < -0.39 is 17.5 Å². The lowest BCUT2D eigenvalue weighted by atomic mass is 10.1. The molecule has 0 aromatic heterocycles. The highest BCUT2D eigenvalue weighted by molar-refractivity contribution is 5.45. The number of hydrogen-bond donors (Lipinski definition) is 1. The van der Waals surface area contributed by atoms with Gasteiger partial charge in [0.05, 0.1) is 17.3 Å². The standard InChI is InChI=1S/C14H9F3N2O/c15-10-2-1-8(6-18)9(3-10)7-20-14-5-11(16)13(19)4-12(14)17/h1-5H,7,19H2. The van der Waals surface area contributed by atoms with Crippen LogP contribution in [0.3, 0.4) is 0 Å². The third kappa shape index (κ3) is 2.83. The molecule has 0 saturated carbocycles. The summed E-state index contributed by atoms with van der Waals surface area (Å²) in [6.07, 6.45) is 0. The van der Waals surface area contributed by atoms with E-state index in [1.165, 1.54) is 6.07 Å². The Morgan fingerprint density at radius 1 is 1.10 bits per heavy atom. The lowest BCUT2D eigenvalue weighted by Gasteiger charge is -2.09. The number of nitrogens with zero attached hydrogens (tertiary/aromatic N) is 1. The number of anilines is 1. The predicted octanol–water partition coefficient (Wildman–Crippen LogP) is 3.14. The molecule has 0 unspecified atom stereocenters. The average Bonchev–Trinajstić information content (AvgIpc) is 2.41. The lowest BCUT2D eigenvalue weighted by Crippen LogP contribution is -2.02. The van der Waals surface area contributed by atoms with E-state index in [0.717, 1.165) is 24.3 Å². The van der Waals surface area contributed by atoms with Crippen LogP contribution >= 0.6 is 0 Å². The number of rotatable bonds is 3. The largest absolute Gasteiger partial charge is 0.486 e. The molecule has 0 amide bonds. The Hall–Kier alpha value is -2.68. The minimum atomic E-state index is -0.834. The van der Waals surface area contributed by atoms with Crippen LogP contribution < -0.4 is 10.5 Å². The number of nitrogens with two attached hydrogens (primary N) is 1. The zero-order valence-electron chi connectivity index (χ0n) is 10.2. The first-order chi connectivity index (χ1) is 9.51. The maximum atomic E-state index is 13.5. The van der Waals surface area contributed by atoms with Crippen molar-refractivity contribution in [1.82, 2.24) is 0 Å². The Bertz CT molecular complexity index is 696. The van der Waals surface area contributed by atoms with Crippen molar-refractivity contribution in [1.29, 1.82) is 5.26 Å². The minimum Gasteiger partial charge on any atom is -0.486 e. The number of benzene rings is 2. The number of hydrogen-bond acceptors (Lipinski definition) is 3. The maximum absolute atomic E-state index is 13.5. The van der Waals surface area contributed by atoms with Gasteiger partial charge in [0, 0.05) is 17.7 Å². The molecule has 0 radical (unpaired) electrons. The van der Waals surface area contributed by atoms with Crippen molar-refractivity contribution in [3.63, 3.8) is 0 Å². The van der Waals surface area contributed by atoms with E-state index in [9.17, 15) is 13.2 Å². The summed E-state index contributed by atoms with van der Waals surface area (Å²) in [7, 11) is 0. The smallest absolute Gasteiger partial charge is 0.167 e. The maximum Gasteiger partial charge on any atom is 0.167 e. The average molecular weight is 278 g/mol. The quantitative estimate of drug-likeness (QED) is 0.877. The van der Waals surface area contributed by atoms with Crippen LogP contribution in [-0.4, -0.2) is 0 Å². The zero-order valence-corrected chi connectivity index (χ0v) is 10.2. The topological polar surface area (TPSA) is 59.0 Å². The highest BCUT2D eigenvalue weighted by Gasteiger charge is 2.11. The fraction of sp³-hybridized carbons (Fsp3) is 0.0714. The molecule has 0 heterocycles. The molecule has 0 atom stereocenters. The van der Waals surface area contributed by atoms with Crippen LogP contribution in [0.5, 0.6) is 5.75 Å². The Kier molecular flexibility index (Phi) is 3.80. The number of halogens is 3. The Morgan fingerprint density at radius 2 is 1.85 bits per heavy atom. The summed E-state index contributed by atoms with van der Waals surface area (Å²) in [4.78, 5) is 0. The van der Waals surface area contributed by atoms with Crippen LogP contribution in [0.15, 0.2) is 30.3 Å². The van der Waals surface area contributed by atoms with Crippen molar-refractivity contribution in [2.75, 3.05) is 5.73 Å². The summed E-state index contributed by atoms with van der Waals surface area (Å²) in [5.41, 5.74) is 5.30. The van der Waals surface area contributed by atoms with Gasteiger partial charge in [0.2, 0.25) is 0 Å². The van der Waals surface area contributed by atoms with Gasteiger partial charge in [0.15, 0.2) is 11.6 Å².